The Balaban J connectivity index is -0.00000000333. The van der Waals surface area contributed by atoms with E-state index in [2.05, 4.69) is 15.5 Å². The van der Waals surface area contributed by atoms with Crippen LogP contribution in [0.1, 0.15) is 0 Å². The van der Waals surface area contributed by atoms with Crippen LogP contribution in [0.3, 0.4) is 0 Å². The maximum absolute atomic E-state index is 8.51. The molecule has 0 aliphatic rings. The first kappa shape index (κ1) is 35.3. The van der Waals surface area contributed by atoms with Crippen molar-refractivity contribution in [1.29, 1.82) is 0 Å². The molecule has 7 heavy (non-hydrogen) atoms. The van der Waals surface area contributed by atoms with E-state index in [1.807, 2.05) is 0 Å². The normalized spacial score (nSPS) is 2.00. The van der Waals surface area contributed by atoms with E-state index in [0.717, 1.165) is 5.26 Å². The SMILES string of the molecule is O=[C][Ni].[Ni].[Ni].[Ni].[Ni]. The second kappa shape index (κ2) is 42.1. The molecule has 0 heterocycles. The minimum Gasteiger partial charge on any atom is 0 e. The van der Waals surface area contributed by atoms with Gasteiger partial charge in [-0.25, -0.2) is 0 Å². The Morgan fingerprint density at radius 3 is 1.00 bits per heavy atom. The fourth-order valence-electron chi connectivity index (χ4n) is 0. The van der Waals surface area contributed by atoms with Gasteiger partial charge in [0.15, 0.2) is 0 Å². The van der Waals surface area contributed by atoms with Gasteiger partial charge in [0.25, 0.3) is 0 Å². The van der Waals surface area contributed by atoms with Crippen molar-refractivity contribution in [2.24, 2.45) is 0 Å². The summed E-state index contributed by atoms with van der Waals surface area (Å²) < 4.78 is 0. The monoisotopic (exact) mass is 318 g/mol. The molecular formula is CNi5O. The zero-order chi connectivity index (χ0) is 2.71. The Labute approximate surface area is 90.6 Å². The summed E-state index contributed by atoms with van der Waals surface area (Å²) in [4.78, 5) is 8.51. The summed E-state index contributed by atoms with van der Waals surface area (Å²) in [5.74, 6) is 0. The van der Waals surface area contributed by atoms with Gasteiger partial charge in [-0.05, 0) is 0 Å². The molecule has 0 N–H and O–H groups in total. The van der Waals surface area contributed by atoms with Gasteiger partial charge in [0.2, 0.25) is 0 Å². The average molecular weight is 321 g/mol. The van der Waals surface area contributed by atoms with Crippen LogP contribution >= 0.6 is 0 Å². The quantitative estimate of drug-likeness (QED) is 0.555. The van der Waals surface area contributed by atoms with Gasteiger partial charge < -0.3 is 0 Å². The molecule has 0 aromatic carbocycles. The first-order valence-electron chi connectivity index (χ1n) is 0.362. The van der Waals surface area contributed by atoms with Crippen molar-refractivity contribution in [2.45, 2.75) is 0 Å². The van der Waals surface area contributed by atoms with Crippen LogP contribution in [0.4, 0.5) is 0 Å². The molecule has 1 nitrogen and oxygen atoms in total. The van der Waals surface area contributed by atoms with E-state index in [1.165, 1.54) is 0 Å². The van der Waals surface area contributed by atoms with Gasteiger partial charge in [-0.15, -0.1) is 0 Å². The fourth-order valence-corrected chi connectivity index (χ4v) is 0. The molecular weight excluding hydrogens is 321 g/mol. The topological polar surface area (TPSA) is 17.1 Å². The summed E-state index contributed by atoms with van der Waals surface area (Å²) >= 11 is 3.36. The first-order valence-corrected chi connectivity index (χ1v) is 0.856. The van der Waals surface area contributed by atoms with Gasteiger partial charge in [0.1, 0.15) is 0 Å². The predicted molar refractivity (Wildman–Crippen MR) is 5.69 cm³/mol. The first-order chi connectivity index (χ1) is 1.41. The Hall–Kier alpha value is 2.14. The molecule has 0 aromatic rings. The molecule has 0 fully saturated rings. The number of carbonyl (C=O) groups excluding carboxylic acids is 1. The molecule has 0 saturated carbocycles. The Kier molecular flexibility index (Phi) is 213. The third kappa shape index (κ3) is 67.1. The van der Waals surface area contributed by atoms with Crippen LogP contribution in [0.15, 0.2) is 0 Å². The summed E-state index contributed by atoms with van der Waals surface area (Å²) in [6, 6.07) is 0. The third-order valence-electron chi connectivity index (χ3n) is 0. The summed E-state index contributed by atoms with van der Waals surface area (Å²) in [6.45, 7) is 0. The fraction of sp³-hybridized carbons (Fsp3) is 0. The molecule has 0 aliphatic carbocycles. The molecule has 0 bridgehead atoms. The van der Waals surface area contributed by atoms with E-state index in [9.17, 15) is 0 Å². The van der Waals surface area contributed by atoms with Crippen LogP contribution in [0.25, 0.3) is 0 Å². The van der Waals surface area contributed by atoms with E-state index in [4.69, 9.17) is 4.79 Å². The number of rotatable bonds is 0. The average Bonchev–Trinajstić information content (AvgIpc) is 0.918. The molecule has 0 saturated heterocycles. The van der Waals surface area contributed by atoms with Crippen molar-refractivity contribution in [3.63, 3.8) is 0 Å². The van der Waals surface area contributed by atoms with Gasteiger partial charge in [-0.2, -0.15) is 0 Å². The smallest absolute Gasteiger partial charge is 0 e. The van der Waals surface area contributed by atoms with Gasteiger partial charge >= 0.3 is 25.5 Å². The zero-order valence-corrected chi connectivity index (χ0v) is 7.43. The van der Waals surface area contributed by atoms with Crippen molar-refractivity contribution >= 4 is 5.26 Å². The van der Waals surface area contributed by atoms with Crippen LogP contribution in [0.5, 0.6) is 0 Å². The Morgan fingerprint density at radius 1 is 1.00 bits per heavy atom. The van der Waals surface area contributed by atoms with Crippen LogP contribution in [0.2, 0.25) is 0 Å². The van der Waals surface area contributed by atoms with Crippen LogP contribution in [-0.4, -0.2) is 5.26 Å². The van der Waals surface area contributed by atoms with E-state index in [0.29, 0.717) is 0 Å². The molecule has 0 aromatic heterocycles. The predicted octanol–water partition coefficient (Wildman–Crippen LogP) is -0.410. The molecule has 6 heteroatoms. The second-order valence-electron chi connectivity index (χ2n) is 0.0645. The van der Waals surface area contributed by atoms with Gasteiger partial charge in [0.05, 0.1) is 0 Å². The minimum absolute atomic E-state index is 0. The third-order valence-corrected chi connectivity index (χ3v) is 0. The molecule has 0 amide bonds. The molecule has 0 atom stereocenters. The van der Waals surface area contributed by atoms with Gasteiger partial charge in [-0.1, -0.05) is 0 Å². The summed E-state index contributed by atoms with van der Waals surface area (Å²) in [5.41, 5.74) is 0. The molecule has 0 rings (SSSR count). The van der Waals surface area contributed by atoms with Crippen LogP contribution in [-0.2, 0) is 86.2 Å². The van der Waals surface area contributed by atoms with Crippen molar-refractivity contribution < 1.29 is 86.2 Å². The van der Waals surface area contributed by atoms with E-state index in [1.54, 1.807) is 0 Å². The molecule has 0 unspecified atom stereocenters. The number of hydrogen-bond acceptors (Lipinski definition) is 1. The molecule has 0 spiro atoms. The van der Waals surface area contributed by atoms with E-state index in [-0.39, 0.29) is 66.0 Å². The Bertz CT molecular complexity index is 15.6. The standard InChI is InChI=1S/CO.5Ni/c1-2;;;;;. The molecule has 0 aliphatic heterocycles. The minimum atomic E-state index is 0. The van der Waals surface area contributed by atoms with Crippen molar-refractivity contribution in [2.75, 3.05) is 0 Å². The maximum Gasteiger partial charge on any atom is 0 e. The largest absolute Gasteiger partial charge is 0 e. The van der Waals surface area contributed by atoms with Crippen molar-refractivity contribution in [3.05, 3.63) is 0 Å². The summed E-state index contributed by atoms with van der Waals surface area (Å²) in [7, 11) is 0. The molecule has 60 valence electrons. The van der Waals surface area contributed by atoms with E-state index >= 15 is 0 Å². The zero-order valence-electron chi connectivity index (χ0n) is 2.49. The van der Waals surface area contributed by atoms with Crippen LogP contribution in [0, 0.1) is 0 Å². The summed E-state index contributed by atoms with van der Waals surface area (Å²) in [6.07, 6.45) is 0. The van der Waals surface area contributed by atoms with Gasteiger partial charge in [0, 0.05) is 66.0 Å². The Morgan fingerprint density at radius 2 is 1.00 bits per heavy atom. The maximum atomic E-state index is 8.51. The van der Waals surface area contributed by atoms with E-state index < -0.39 is 0 Å². The summed E-state index contributed by atoms with van der Waals surface area (Å²) in [5, 5.41) is 1.12. The van der Waals surface area contributed by atoms with Crippen molar-refractivity contribution in [1.82, 2.24) is 0 Å². The molecule has 1 radical (unpaired) electrons. The second-order valence-corrected chi connectivity index (χ2v) is 0.266. The van der Waals surface area contributed by atoms with Gasteiger partial charge in [-0.3, -0.25) is 0 Å². The number of hydrogen-bond donors (Lipinski definition) is 0. The van der Waals surface area contributed by atoms with Crippen LogP contribution < -0.4 is 0 Å². The van der Waals surface area contributed by atoms with Crippen molar-refractivity contribution in [3.8, 4) is 0 Å².